The molecule has 0 spiro atoms. The van der Waals surface area contributed by atoms with E-state index in [9.17, 15) is 18.4 Å². The zero-order chi connectivity index (χ0) is 14.0. The number of alkyl halides is 2. The van der Waals surface area contributed by atoms with Crippen LogP contribution in [0.2, 0.25) is 0 Å². The average Bonchev–Trinajstić information content (AvgIpc) is 2.67. The van der Waals surface area contributed by atoms with Gasteiger partial charge in [0.15, 0.2) is 0 Å². The number of carbonyl (C=O) groups excluding carboxylic acids is 2. The Kier molecular flexibility index (Phi) is 3.61. The summed E-state index contributed by atoms with van der Waals surface area (Å²) in [7, 11) is 0. The predicted molar refractivity (Wildman–Crippen MR) is 64.5 cm³/mol. The van der Waals surface area contributed by atoms with Crippen LogP contribution in [0.1, 0.15) is 17.9 Å². The Bertz CT molecular complexity index is 491. The minimum atomic E-state index is -3.24. The Balaban J connectivity index is 2.18. The molecular weight excluding hydrogens is 254 g/mol. The number of hydrogen-bond acceptors (Lipinski definition) is 3. The monoisotopic (exact) mass is 268 g/mol. The van der Waals surface area contributed by atoms with Gasteiger partial charge >= 0.3 is 0 Å². The lowest BCUT2D eigenvalue weighted by Crippen LogP contribution is -2.44. The van der Waals surface area contributed by atoms with E-state index < -0.39 is 36.7 Å². The van der Waals surface area contributed by atoms with Gasteiger partial charge in [-0.05, 0) is 5.56 Å². The van der Waals surface area contributed by atoms with Crippen LogP contribution >= 0.6 is 0 Å². The molecule has 2 N–H and O–H groups in total. The maximum atomic E-state index is 13.2. The van der Waals surface area contributed by atoms with E-state index in [-0.39, 0.29) is 6.42 Å². The van der Waals surface area contributed by atoms with Crippen LogP contribution in [0.3, 0.4) is 0 Å². The molecule has 4 nitrogen and oxygen atoms in total. The van der Waals surface area contributed by atoms with E-state index in [4.69, 9.17) is 5.73 Å². The van der Waals surface area contributed by atoms with Crippen LogP contribution in [-0.4, -0.2) is 35.7 Å². The molecule has 1 heterocycles. The van der Waals surface area contributed by atoms with E-state index in [0.717, 1.165) is 0 Å². The first-order valence-electron chi connectivity index (χ1n) is 5.91. The largest absolute Gasteiger partial charge is 0.325 e. The van der Waals surface area contributed by atoms with Gasteiger partial charge in [0.2, 0.25) is 11.8 Å². The number of nitrogens with zero attached hydrogens (tertiary/aromatic N) is 1. The Morgan fingerprint density at radius 3 is 2.47 bits per heavy atom. The molecule has 1 aromatic carbocycles. The minimum absolute atomic E-state index is 0.0660. The van der Waals surface area contributed by atoms with Gasteiger partial charge in [-0.3, -0.25) is 14.5 Å². The molecule has 0 aromatic heterocycles. The fraction of sp³-hybridized carbons (Fsp3) is 0.385. The van der Waals surface area contributed by atoms with Crippen molar-refractivity contribution in [1.82, 2.24) is 4.90 Å². The van der Waals surface area contributed by atoms with Gasteiger partial charge in [-0.1, -0.05) is 30.3 Å². The molecular formula is C13H14F2N2O2. The van der Waals surface area contributed by atoms with Crippen LogP contribution in [0.15, 0.2) is 30.3 Å². The van der Waals surface area contributed by atoms with Crippen LogP contribution in [-0.2, 0) is 9.59 Å². The van der Waals surface area contributed by atoms with E-state index >= 15 is 0 Å². The molecule has 1 atom stereocenters. The fourth-order valence-corrected chi connectivity index (χ4v) is 2.09. The number of nitrogens with two attached hydrogens (primary N) is 1. The maximum Gasteiger partial charge on any atom is 0.277 e. The topological polar surface area (TPSA) is 63.4 Å². The van der Waals surface area contributed by atoms with Crippen LogP contribution in [0.5, 0.6) is 0 Å². The summed E-state index contributed by atoms with van der Waals surface area (Å²) in [6, 6.07) is 8.68. The van der Waals surface area contributed by atoms with E-state index in [2.05, 4.69) is 0 Å². The fourth-order valence-electron chi connectivity index (χ4n) is 2.09. The van der Waals surface area contributed by atoms with Gasteiger partial charge in [0.1, 0.15) is 0 Å². The van der Waals surface area contributed by atoms with Crippen molar-refractivity contribution in [3.05, 3.63) is 35.9 Å². The van der Waals surface area contributed by atoms with E-state index in [0.29, 0.717) is 10.5 Å². The third kappa shape index (κ3) is 2.78. The number of hydrogen-bond donors (Lipinski definition) is 1. The van der Waals surface area contributed by atoms with Crippen LogP contribution in [0, 0.1) is 0 Å². The summed E-state index contributed by atoms with van der Waals surface area (Å²) in [6.45, 7) is -1.83. The van der Waals surface area contributed by atoms with Crippen LogP contribution in [0.25, 0.3) is 0 Å². The minimum Gasteiger partial charge on any atom is -0.325 e. The summed E-state index contributed by atoms with van der Waals surface area (Å²) < 4.78 is 26.4. The molecule has 2 amide bonds. The third-order valence-electron chi connectivity index (χ3n) is 3.13. The van der Waals surface area contributed by atoms with Crippen molar-refractivity contribution in [3.63, 3.8) is 0 Å². The smallest absolute Gasteiger partial charge is 0.277 e. The molecule has 0 aliphatic carbocycles. The van der Waals surface area contributed by atoms with Gasteiger partial charge in [-0.25, -0.2) is 8.78 Å². The lowest BCUT2D eigenvalue weighted by Gasteiger charge is -2.21. The molecule has 1 aliphatic rings. The highest BCUT2D eigenvalue weighted by atomic mass is 19.3. The summed E-state index contributed by atoms with van der Waals surface area (Å²) in [4.78, 5) is 24.3. The second-order valence-corrected chi connectivity index (χ2v) is 4.55. The third-order valence-corrected chi connectivity index (χ3v) is 3.13. The number of imide groups is 1. The molecule has 0 bridgehead atoms. The zero-order valence-electron chi connectivity index (χ0n) is 10.2. The number of amides is 2. The number of likely N-dealkylation sites (tertiary alicyclic amines) is 1. The van der Waals surface area contributed by atoms with Crippen molar-refractivity contribution in [1.29, 1.82) is 0 Å². The normalized spacial score (nSPS) is 20.2. The molecule has 1 aliphatic heterocycles. The predicted octanol–water partition coefficient (Wildman–Crippen LogP) is 1.12. The highest BCUT2D eigenvalue weighted by Gasteiger charge is 2.44. The molecule has 1 saturated heterocycles. The van der Waals surface area contributed by atoms with E-state index in [1.807, 2.05) is 0 Å². The maximum absolute atomic E-state index is 13.2. The molecule has 1 unspecified atom stereocenters. The molecule has 0 saturated carbocycles. The molecule has 0 radical (unpaired) electrons. The van der Waals surface area contributed by atoms with Gasteiger partial charge in [-0.2, -0.15) is 0 Å². The first-order valence-corrected chi connectivity index (χ1v) is 5.91. The second kappa shape index (κ2) is 5.05. The van der Waals surface area contributed by atoms with Crippen molar-refractivity contribution < 1.29 is 18.4 Å². The number of carbonyl (C=O) groups is 2. The molecule has 2 rings (SSSR count). The Morgan fingerprint density at radius 1 is 1.26 bits per heavy atom. The highest BCUT2D eigenvalue weighted by molar-refractivity contribution is 6.06. The van der Waals surface area contributed by atoms with Crippen molar-refractivity contribution in [2.75, 3.05) is 13.1 Å². The van der Waals surface area contributed by atoms with E-state index in [1.165, 1.54) is 0 Å². The van der Waals surface area contributed by atoms with Crippen molar-refractivity contribution in [2.24, 2.45) is 5.73 Å². The Morgan fingerprint density at radius 2 is 1.89 bits per heavy atom. The van der Waals surface area contributed by atoms with E-state index in [1.54, 1.807) is 30.3 Å². The van der Waals surface area contributed by atoms with Gasteiger partial charge in [0, 0.05) is 6.42 Å². The summed E-state index contributed by atoms with van der Waals surface area (Å²) in [6.07, 6.45) is -0.0660. The molecule has 1 fully saturated rings. The van der Waals surface area contributed by atoms with Crippen LogP contribution in [0.4, 0.5) is 8.78 Å². The molecule has 19 heavy (non-hydrogen) atoms. The zero-order valence-corrected chi connectivity index (χ0v) is 10.2. The summed E-state index contributed by atoms with van der Waals surface area (Å²) in [5.74, 6) is -5.06. The first kappa shape index (κ1) is 13.6. The van der Waals surface area contributed by atoms with Gasteiger partial charge in [0.05, 0.1) is 19.0 Å². The highest BCUT2D eigenvalue weighted by Crippen LogP contribution is 2.31. The van der Waals surface area contributed by atoms with Gasteiger partial charge in [-0.15, -0.1) is 0 Å². The average molecular weight is 268 g/mol. The number of benzene rings is 1. The Labute approximate surface area is 109 Å². The van der Waals surface area contributed by atoms with Gasteiger partial charge in [0.25, 0.3) is 5.92 Å². The number of rotatable bonds is 4. The number of halogens is 2. The van der Waals surface area contributed by atoms with Gasteiger partial charge < -0.3 is 5.73 Å². The Hall–Kier alpha value is -1.82. The first-order chi connectivity index (χ1) is 8.94. The SMILES string of the molecule is NCC(F)(F)CN1C(=O)CC(c2ccccc2)C1=O. The molecule has 1 aromatic rings. The van der Waals surface area contributed by atoms with Crippen LogP contribution < -0.4 is 5.73 Å². The lowest BCUT2D eigenvalue weighted by atomic mass is 9.98. The van der Waals surface area contributed by atoms with Crippen molar-refractivity contribution in [2.45, 2.75) is 18.3 Å². The van der Waals surface area contributed by atoms with Crippen molar-refractivity contribution in [3.8, 4) is 0 Å². The standard InChI is InChI=1S/C13H14F2N2O2/c14-13(15,7-16)8-17-11(18)6-10(12(17)19)9-4-2-1-3-5-9/h1-5,10H,6-8,16H2. The summed E-state index contributed by atoms with van der Waals surface area (Å²) in [5, 5.41) is 0. The summed E-state index contributed by atoms with van der Waals surface area (Å²) in [5.41, 5.74) is 5.59. The quantitative estimate of drug-likeness (QED) is 0.832. The lowest BCUT2D eigenvalue weighted by molar-refractivity contribution is -0.144. The molecule has 102 valence electrons. The molecule has 6 heteroatoms. The second-order valence-electron chi connectivity index (χ2n) is 4.55. The summed E-state index contributed by atoms with van der Waals surface area (Å²) >= 11 is 0. The van der Waals surface area contributed by atoms with Crippen molar-refractivity contribution >= 4 is 11.8 Å².